The summed E-state index contributed by atoms with van der Waals surface area (Å²) in [6, 6.07) is 2.36. The van der Waals surface area contributed by atoms with Gasteiger partial charge in [-0.1, -0.05) is 6.07 Å². The molecular weight excluding hydrogens is 404 g/mol. The molecule has 0 aliphatic carbocycles. The third-order valence-electron chi connectivity index (χ3n) is 5.01. The summed E-state index contributed by atoms with van der Waals surface area (Å²) in [7, 11) is 0. The summed E-state index contributed by atoms with van der Waals surface area (Å²) in [5, 5.41) is 20.0. The van der Waals surface area contributed by atoms with Gasteiger partial charge in [0.1, 0.15) is 29.9 Å². The Morgan fingerprint density at radius 2 is 2.00 bits per heavy atom. The van der Waals surface area contributed by atoms with Crippen molar-refractivity contribution in [3.63, 3.8) is 0 Å². The van der Waals surface area contributed by atoms with E-state index in [0.717, 1.165) is 17.7 Å². The fourth-order valence-electron chi connectivity index (χ4n) is 3.29. The van der Waals surface area contributed by atoms with Crippen LogP contribution in [-0.2, 0) is 12.1 Å². The van der Waals surface area contributed by atoms with Crippen molar-refractivity contribution in [3.05, 3.63) is 90.3 Å². The quantitative estimate of drug-likeness (QED) is 0.491. The van der Waals surface area contributed by atoms with Crippen LogP contribution in [0, 0.1) is 11.6 Å². The van der Waals surface area contributed by atoms with Gasteiger partial charge in [0, 0.05) is 35.8 Å². The summed E-state index contributed by atoms with van der Waals surface area (Å²) in [6.45, 7) is 1.59. The minimum Gasteiger partial charge on any atom is -0.381 e. The molecule has 0 fully saturated rings. The van der Waals surface area contributed by atoms with Gasteiger partial charge < -0.3 is 5.11 Å². The van der Waals surface area contributed by atoms with Gasteiger partial charge in [0.05, 0.1) is 30.7 Å². The molecule has 10 heteroatoms. The maximum absolute atomic E-state index is 14.7. The van der Waals surface area contributed by atoms with Crippen LogP contribution < -0.4 is 0 Å². The first-order valence-electron chi connectivity index (χ1n) is 9.44. The van der Waals surface area contributed by atoms with Crippen molar-refractivity contribution in [3.8, 4) is 0 Å². The second kappa shape index (κ2) is 8.52. The molecule has 0 bridgehead atoms. The first-order valence-corrected chi connectivity index (χ1v) is 9.44. The predicted octanol–water partition coefficient (Wildman–Crippen LogP) is 2.86. The molecule has 31 heavy (non-hydrogen) atoms. The molecule has 1 N–H and O–H groups in total. The van der Waals surface area contributed by atoms with Crippen LogP contribution in [0.25, 0.3) is 12.2 Å². The Hall–Kier alpha value is -3.79. The van der Waals surface area contributed by atoms with E-state index < -0.39 is 23.3 Å². The van der Waals surface area contributed by atoms with Gasteiger partial charge in [0.25, 0.3) is 0 Å². The molecule has 4 rings (SSSR count). The Labute approximate surface area is 176 Å². The van der Waals surface area contributed by atoms with E-state index in [-0.39, 0.29) is 12.1 Å². The summed E-state index contributed by atoms with van der Waals surface area (Å²) in [6.07, 6.45) is 14.4. The van der Waals surface area contributed by atoms with Gasteiger partial charge >= 0.3 is 0 Å². The summed E-state index contributed by atoms with van der Waals surface area (Å²) < 4.78 is 31.1. The van der Waals surface area contributed by atoms with Crippen LogP contribution in [0.5, 0.6) is 0 Å². The van der Waals surface area contributed by atoms with E-state index in [2.05, 4.69) is 25.1 Å². The Balaban J connectivity index is 1.67. The largest absolute Gasteiger partial charge is 0.381 e. The van der Waals surface area contributed by atoms with Crippen molar-refractivity contribution < 1.29 is 13.9 Å². The first-order chi connectivity index (χ1) is 15.0. The number of halogens is 2. The standard InChI is InChI=1S/C21H19F2N7O/c1-15(30-11-16(9-27-30)2-4-18-10-24-6-7-26-18)21(31,12-29-14-25-13-28-29)19-5-3-17(22)8-20(19)23/h2-11,13-15,31H,12H2,1H3/t15-,21-/m1/s1. The van der Waals surface area contributed by atoms with Gasteiger partial charge in [0.15, 0.2) is 0 Å². The first kappa shape index (κ1) is 20.5. The molecule has 8 nitrogen and oxygen atoms in total. The minimum absolute atomic E-state index is 0.0657. The molecule has 1 aromatic carbocycles. The fourth-order valence-corrected chi connectivity index (χ4v) is 3.29. The van der Waals surface area contributed by atoms with Gasteiger partial charge in [-0.15, -0.1) is 0 Å². The van der Waals surface area contributed by atoms with Crippen LogP contribution in [-0.4, -0.2) is 39.6 Å². The number of rotatable bonds is 7. The third kappa shape index (κ3) is 4.38. The molecule has 0 radical (unpaired) electrons. The lowest BCUT2D eigenvalue weighted by atomic mass is 9.86. The minimum atomic E-state index is -1.79. The van der Waals surface area contributed by atoms with E-state index in [1.807, 2.05) is 0 Å². The summed E-state index contributed by atoms with van der Waals surface area (Å²) >= 11 is 0. The van der Waals surface area contributed by atoms with Gasteiger partial charge in [-0.3, -0.25) is 14.6 Å². The molecule has 0 aliphatic heterocycles. The molecule has 3 aromatic heterocycles. The molecule has 0 saturated heterocycles. The topological polar surface area (TPSA) is 94.5 Å². The number of hydrogen-bond donors (Lipinski definition) is 1. The zero-order valence-electron chi connectivity index (χ0n) is 16.5. The lowest BCUT2D eigenvalue weighted by molar-refractivity contribution is -0.0369. The third-order valence-corrected chi connectivity index (χ3v) is 5.01. The number of aromatic nitrogens is 7. The lowest BCUT2D eigenvalue weighted by Crippen LogP contribution is -2.40. The van der Waals surface area contributed by atoms with E-state index in [4.69, 9.17) is 0 Å². The zero-order chi connectivity index (χ0) is 21.8. The number of aliphatic hydroxyl groups is 1. The van der Waals surface area contributed by atoms with E-state index in [0.29, 0.717) is 5.69 Å². The highest BCUT2D eigenvalue weighted by molar-refractivity contribution is 5.66. The van der Waals surface area contributed by atoms with Crippen LogP contribution in [0.15, 0.2) is 61.8 Å². The molecule has 0 aliphatic rings. The van der Waals surface area contributed by atoms with Crippen molar-refractivity contribution in [2.75, 3.05) is 0 Å². The number of hydrogen-bond acceptors (Lipinski definition) is 6. The van der Waals surface area contributed by atoms with Crippen LogP contribution in [0.1, 0.15) is 29.8 Å². The second-order valence-corrected chi connectivity index (χ2v) is 7.03. The molecule has 3 heterocycles. The maximum atomic E-state index is 14.7. The van der Waals surface area contributed by atoms with Crippen molar-refractivity contribution in [1.29, 1.82) is 0 Å². The van der Waals surface area contributed by atoms with Crippen molar-refractivity contribution in [1.82, 2.24) is 34.5 Å². The SMILES string of the molecule is C[C@@H](n1cc(C=Cc2cnccn2)cn1)[C@](O)(Cn1cncn1)c1ccc(F)cc1F. The molecule has 0 spiro atoms. The molecule has 158 valence electrons. The fraction of sp³-hybridized carbons (Fsp3) is 0.190. The van der Waals surface area contributed by atoms with E-state index in [9.17, 15) is 13.9 Å². The Morgan fingerprint density at radius 1 is 1.13 bits per heavy atom. The van der Waals surface area contributed by atoms with Crippen LogP contribution in [0.4, 0.5) is 8.78 Å². The zero-order valence-corrected chi connectivity index (χ0v) is 16.5. The predicted molar refractivity (Wildman–Crippen MR) is 108 cm³/mol. The molecular formula is C21H19F2N7O. The smallest absolute Gasteiger partial charge is 0.137 e. The van der Waals surface area contributed by atoms with Gasteiger partial charge in [-0.2, -0.15) is 10.2 Å². The molecule has 0 amide bonds. The number of nitrogens with zero attached hydrogens (tertiary/aromatic N) is 7. The van der Waals surface area contributed by atoms with Crippen molar-refractivity contribution in [2.24, 2.45) is 0 Å². The molecule has 0 saturated carbocycles. The lowest BCUT2D eigenvalue weighted by Gasteiger charge is -2.34. The normalized spacial score (nSPS) is 14.6. The van der Waals surface area contributed by atoms with E-state index >= 15 is 0 Å². The Kier molecular flexibility index (Phi) is 5.63. The van der Waals surface area contributed by atoms with Gasteiger partial charge in [0.2, 0.25) is 0 Å². The van der Waals surface area contributed by atoms with E-state index in [1.54, 1.807) is 50.1 Å². The van der Waals surface area contributed by atoms with Crippen LogP contribution in [0.2, 0.25) is 0 Å². The second-order valence-electron chi connectivity index (χ2n) is 7.03. The summed E-state index contributed by atoms with van der Waals surface area (Å²) in [5.74, 6) is -1.59. The molecule has 2 atom stereocenters. The van der Waals surface area contributed by atoms with Crippen molar-refractivity contribution in [2.45, 2.75) is 25.1 Å². The Morgan fingerprint density at radius 3 is 2.71 bits per heavy atom. The highest BCUT2D eigenvalue weighted by Crippen LogP contribution is 2.36. The summed E-state index contributed by atoms with van der Waals surface area (Å²) in [5.41, 5.74) is -0.424. The molecule has 0 unspecified atom stereocenters. The maximum Gasteiger partial charge on any atom is 0.137 e. The van der Waals surface area contributed by atoms with E-state index in [1.165, 1.54) is 28.1 Å². The van der Waals surface area contributed by atoms with Crippen LogP contribution in [0.3, 0.4) is 0 Å². The van der Waals surface area contributed by atoms with Crippen molar-refractivity contribution >= 4 is 12.2 Å². The average Bonchev–Trinajstić information content (AvgIpc) is 3.44. The highest BCUT2D eigenvalue weighted by atomic mass is 19.1. The summed E-state index contributed by atoms with van der Waals surface area (Å²) in [4.78, 5) is 12.0. The molecule has 4 aromatic rings. The highest BCUT2D eigenvalue weighted by Gasteiger charge is 2.40. The number of benzene rings is 1. The van der Waals surface area contributed by atoms with Crippen LogP contribution >= 0.6 is 0 Å². The van der Waals surface area contributed by atoms with Gasteiger partial charge in [-0.05, 0) is 25.1 Å². The van der Waals surface area contributed by atoms with Gasteiger partial charge in [-0.25, -0.2) is 18.4 Å². The Bertz CT molecular complexity index is 1180. The monoisotopic (exact) mass is 423 g/mol. The average molecular weight is 423 g/mol.